The minimum atomic E-state index is -0.333. The number of carbonyl (C=O) groups is 2. The summed E-state index contributed by atoms with van der Waals surface area (Å²) in [5.74, 6) is 1.06. The molecule has 3 aromatic rings. The zero-order valence-electron chi connectivity index (χ0n) is 20.3. The highest BCUT2D eigenvalue weighted by atomic mass is 16.5. The predicted molar refractivity (Wildman–Crippen MR) is 139 cm³/mol. The van der Waals surface area contributed by atoms with Crippen molar-refractivity contribution < 1.29 is 19.1 Å². The Morgan fingerprint density at radius 3 is 2.33 bits per heavy atom. The van der Waals surface area contributed by atoms with Gasteiger partial charge in [-0.15, -0.1) is 0 Å². The Balaban J connectivity index is 1.28. The second kappa shape index (κ2) is 10.7. The second-order valence-corrected chi connectivity index (χ2v) is 8.89. The van der Waals surface area contributed by atoms with Gasteiger partial charge in [-0.25, -0.2) is 0 Å². The van der Waals surface area contributed by atoms with Crippen molar-refractivity contribution in [3.8, 4) is 11.5 Å². The van der Waals surface area contributed by atoms with Crippen LogP contribution < -0.4 is 14.4 Å². The summed E-state index contributed by atoms with van der Waals surface area (Å²) < 4.78 is 11.1. The number of anilines is 1. The lowest BCUT2D eigenvalue weighted by Gasteiger charge is -2.36. The Kier molecular flexibility index (Phi) is 7.00. The van der Waals surface area contributed by atoms with Crippen LogP contribution in [0.3, 0.4) is 0 Å². The third-order valence-corrected chi connectivity index (χ3v) is 6.51. The molecule has 0 radical (unpaired) electrons. The van der Waals surface area contributed by atoms with Gasteiger partial charge in [0.1, 0.15) is 12.3 Å². The van der Waals surface area contributed by atoms with Crippen molar-refractivity contribution in [2.45, 2.75) is 6.54 Å². The number of para-hydroxylation sites is 2. The van der Waals surface area contributed by atoms with Gasteiger partial charge in [-0.1, -0.05) is 54.6 Å². The molecule has 0 atom stereocenters. The van der Waals surface area contributed by atoms with Crippen LogP contribution in [-0.2, 0) is 16.1 Å². The fourth-order valence-electron chi connectivity index (χ4n) is 4.50. The number of rotatable bonds is 6. The Morgan fingerprint density at radius 2 is 1.61 bits per heavy atom. The summed E-state index contributed by atoms with van der Waals surface area (Å²) in [6, 6.07) is 25.0. The van der Waals surface area contributed by atoms with Crippen LogP contribution in [0.5, 0.6) is 11.5 Å². The van der Waals surface area contributed by atoms with E-state index >= 15 is 0 Å². The number of hydrogen-bond donors (Lipinski definition) is 0. The molecule has 2 aliphatic rings. The van der Waals surface area contributed by atoms with Crippen molar-refractivity contribution >= 4 is 23.6 Å². The molecular weight excluding hydrogens is 454 g/mol. The maximum absolute atomic E-state index is 13.4. The van der Waals surface area contributed by atoms with Crippen molar-refractivity contribution in [2.75, 3.05) is 44.7 Å². The first-order valence-corrected chi connectivity index (χ1v) is 12.1. The average molecular weight is 484 g/mol. The summed E-state index contributed by atoms with van der Waals surface area (Å²) in [5.41, 5.74) is 2.67. The van der Waals surface area contributed by atoms with Crippen LogP contribution in [0.25, 0.3) is 6.08 Å². The van der Waals surface area contributed by atoms with Gasteiger partial charge < -0.3 is 14.4 Å². The van der Waals surface area contributed by atoms with Crippen LogP contribution in [0.15, 0.2) is 84.6 Å². The zero-order chi connectivity index (χ0) is 24.9. The third-order valence-electron chi connectivity index (χ3n) is 6.51. The average Bonchev–Trinajstić information content (AvgIpc) is 2.92. The summed E-state index contributed by atoms with van der Waals surface area (Å²) in [6.07, 6.45) is 1.69. The molecule has 5 rings (SSSR count). The highest BCUT2D eigenvalue weighted by Gasteiger charge is 2.33. The van der Waals surface area contributed by atoms with Gasteiger partial charge in [-0.3, -0.25) is 19.4 Å². The molecular formula is C29H29N3O4. The van der Waals surface area contributed by atoms with E-state index in [1.54, 1.807) is 13.2 Å². The van der Waals surface area contributed by atoms with Crippen molar-refractivity contribution in [1.29, 1.82) is 0 Å². The van der Waals surface area contributed by atoms with Crippen LogP contribution in [0.2, 0.25) is 0 Å². The number of benzene rings is 3. The van der Waals surface area contributed by atoms with E-state index in [0.717, 1.165) is 30.9 Å². The van der Waals surface area contributed by atoms with E-state index in [9.17, 15) is 9.59 Å². The van der Waals surface area contributed by atoms with Crippen molar-refractivity contribution in [2.24, 2.45) is 0 Å². The summed E-state index contributed by atoms with van der Waals surface area (Å²) in [4.78, 5) is 32.4. The molecule has 0 unspecified atom stereocenters. The highest BCUT2D eigenvalue weighted by molar-refractivity contribution is 6.12. The van der Waals surface area contributed by atoms with E-state index in [1.807, 2.05) is 71.6 Å². The first-order chi connectivity index (χ1) is 17.6. The molecule has 36 heavy (non-hydrogen) atoms. The van der Waals surface area contributed by atoms with Gasteiger partial charge in [0.25, 0.3) is 5.91 Å². The normalized spacial score (nSPS) is 17.0. The summed E-state index contributed by atoms with van der Waals surface area (Å²) in [7, 11) is 1.61. The van der Waals surface area contributed by atoms with Crippen molar-refractivity contribution in [3.05, 3.63) is 95.7 Å². The van der Waals surface area contributed by atoms with Crippen LogP contribution in [0, 0.1) is 0 Å². The molecule has 0 bridgehead atoms. The summed E-state index contributed by atoms with van der Waals surface area (Å²) in [5, 5.41) is 0. The summed E-state index contributed by atoms with van der Waals surface area (Å²) in [6.45, 7) is 3.73. The van der Waals surface area contributed by atoms with E-state index in [2.05, 4.69) is 17.0 Å². The van der Waals surface area contributed by atoms with Gasteiger partial charge >= 0.3 is 0 Å². The standard InChI is InChI=1S/C29H29N3O4/c1-35-24-13-11-22(12-14-24)19-27-29(34)32(25-9-5-6-10-26(25)36-27)21-28(33)31-17-15-30(16-18-31)20-23-7-3-2-4-8-23/h2-14,19H,15-18,20-21H2,1H3/b27-19-. The number of amides is 2. The Labute approximate surface area is 211 Å². The minimum absolute atomic E-state index is 0.0299. The number of piperazine rings is 1. The number of methoxy groups -OCH3 is 1. The first kappa shape index (κ1) is 23.6. The molecule has 0 aromatic heterocycles. The molecule has 3 aromatic carbocycles. The fraction of sp³-hybridized carbons (Fsp3) is 0.241. The Hall–Kier alpha value is -4.10. The molecule has 1 saturated heterocycles. The molecule has 0 saturated carbocycles. The number of nitrogens with zero attached hydrogens (tertiary/aromatic N) is 3. The van der Waals surface area contributed by atoms with Gasteiger partial charge in [0, 0.05) is 32.7 Å². The third kappa shape index (κ3) is 5.26. The predicted octanol–water partition coefficient (Wildman–Crippen LogP) is 3.81. The molecule has 2 aliphatic heterocycles. The number of carbonyl (C=O) groups excluding carboxylic acids is 2. The second-order valence-electron chi connectivity index (χ2n) is 8.89. The molecule has 2 heterocycles. The van der Waals surface area contributed by atoms with E-state index in [4.69, 9.17) is 9.47 Å². The van der Waals surface area contributed by atoms with Gasteiger partial charge in [0.05, 0.1) is 12.8 Å². The van der Waals surface area contributed by atoms with Gasteiger partial charge in [0.2, 0.25) is 5.91 Å². The summed E-state index contributed by atoms with van der Waals surface area (Å²) >= 11 is 0. The van der Waals surface area contributed by atoms with E-state index in [-0.39, 0.29) is 24.1 Å². The largest absolute Gasteiger partial charge is 0.497 e. The first-order valence-electron chi connectivity index (χ1n) is 12.1. The SMILES string of the molecule is COc1ccc(/C=C2\Oc3ccccc3N(CC(=O)N3CCN(Cc4ccccc4)CC3)C2=O)cc1. The van der Waals surface area contributed by atoms with Crippen LogP contribution in [-0.4, -0.2) is 61.4 Å². The zero-order valence-corrected chi connectivity index (χ0v) is 20.3. The van der Waals surface area contributed by atoms with Gasteiger partial charge in [-0.2, -0.15) is 0 Å². The van der Waals surface area contributed by atoms with E-state index in [1.165, 1.54) is 10.5 Å². The maximum Gasteiger partial charge on any atom is 0.294 e. The lowest BCUT2D eigenvalue weighted by atomic mass is 10.1. The van der Waals surface area contributed by atoms with Gasteiger partial charge in [-0.05, 0) is 41.5 Å². The Morgan fingerprint density at radius 1 is 0.917 bits per heavy atom. The van der Waals surface area contributed by atoms with E-state index in [0.29, 0.717) is 24.5 Å². The monoisotopic (exact) mass is 483 g/mol. The molecule has 0 aliphatic carbocycles. The van der Waals surface area contributed by atoms with Crippen molar-refractivity contribution in [1.82, 2.24) is 9.80 Å². The van der Waals surface area contributed by atoms with Crippen LogP contribution >= 0.6 is 0 Å². The lowest BCUT2D eigenvalue weighted by Crippen LogP contribution is -2.52. The fourth-order valence-corrected chi connectivity index (χ4v) is 4.50. The van der Waals surface area contributed by atoms with Crippen molar-refractivity contribution in [3.63, 3.8) is 0 Å². The van der Waals surface area contributed by atoms with E-state index < -0.39 is 0 Å². The molecule has 184 valence electrons. The Bertz CT molecular complexity index is 1250. The van der Waals surface area contributed by atoms with Gasteiger partial charge in [0.15, 0.2) is 11.5 Å². The molecule has 7 heteroatoms. The van der Waals surface area contributed by atoms with Crippen LogP contribution in [0.4, 0.5) is 5.69 Å². The number of hydrogen-bond acceptors (Lipinski definition) is 5. The van der Waals surface area contributed by atoms with Crippen LogP contribution in [0.1, 0.15) is 11.1 Å². The molecule has 0 spiro atoms. The quantitative estimate of drug-likeness (QED) is 0.499. The molecule has 2 amide bonds. The molecule has 7 nitrogen and oxygen atoms in total. The maximum atomic E-state index is 13.4. The highest BCUT2D eigenvalue weighted by Crippen LogP contribution is 2.35. The smallest absolute Gasteiger partial charge is 0.294 e. The molecule has 1 fully saturated rings. The minimum Gasteiger partial charge on any atom is -0.497 e. The molecule has 0 N–H and O–H groups in total. The number of ether oxygens (including phenoxy) is 2. The topological polar surface area (TPSA) is 62.3 Å². The number of fused-ring (bicyclic) bond motifs is 1. The lowest BCUT2D eigenvalue weighted by molar-refractivity contribution is -0.133.